The van der Waals surface area contributed by atoms with E-state index in [0.717, 1.165) is 6.42 Å². The van der Waals surface area contributed by atoms with Crippen LogP contribution in [0.1, 0.15) is 23.7 Å². The molecular formula is C18H21ClN4O3. The van der Waals surface area contributed by atoms with Crippen molar-refractivity contribution >= 4 is 29.3 Å². The lowest BCUT2D eigenvalue weighted by atomic mass is 10.2. The summed E-state index contributed by atoms with van der Waals surface area (Å²) in [4.78, 5) is 31.1. The number of benzene rings is 1. The van der Waals surface area contributed by atoms with E-state index < -0.39 is 0 Å². The molecule has 0 fully saturated rings. The first kappa shape index (κ1) is 19.7. The number of halogens is 1. The second-order valence-corrected chi connectivity index (χ2v) is 5.95. The summed E-state index contributed by atoms with van der Waals surface area (Å²) >= 11 is 5.85. The molecule has 1 aromatic carbocycles. The minimum Gasteiger partial charge on any atom is -0.382 e. The van der Waals surface area contributed by atoms with Gasteiger partial charge in [0.1, 0.15) is 5.82 Å². The number of guanidine groups is 1. The number of nitrogens with one attached hydrogen (secondary N) is 3. The number of carbonyl (C=O) groups excluding carboxylic acids is 1. The zero-order chi connectivity index (χ0) is 18.9. The maximum atomic E-state index is 12.5. The lowest BCUT2D eigenvalue weighted by molar-refractivity contribution is 0.0976. The van der Waals surface area contributed by atoms with Crippen LogP contribution in [0.15, 0.2) is 52.3 Å². The number of carbonyl (C=O) groups is 1. The third-order valence-electron chi connectivity index (χ3n) is 3.50. The minimum absolute atomic E-state index is 0.150. The summed E-state index contributed by atoms with van der Waals surface area (Å²) < 4.78 is 5.15. The van der Waals surface area contributed by atoms with E-state index >= 15 is 0 Å². The molecule has 0 saturated carbocycles. The molecule has 7 nitrogen and oxygen atoms in total. The van der Waals surface area contributed by atoms with Crippen molar-refractivity contribution in [3.63, 3.8) is 0 Å². The maximum Gasteiger partial charge on any atom is 0.257 e. The number of aromatic amines is 1. The summed E-state index contributed by atoms with van der Waals surface area (Å²) in [5.41, 5.74) is 0.174. The van der Waals surface area contributed by atoms with Crippen LogP contribution in [0.5, 0.6) is 0 Å². The molecule has 0 aliphatic rings. The second kappa shape index (κ2) is 9.74. The molecule has 3 N–H and O–H groups in total. The molecule has 1 unspecified atom stereocenters. The van der Waals surface area contributed by atoms with Crippen molar-refractivity contribution in [2.24, 2.45) is 4.99 Å². The topological polar surface area (TPSA) is 95.6 Å². The Hall–Kier alpha value is -2.64. The van der Waals surface area contributed by atoms with Crippen LogP contribution in [0.2, 0.25) is 5.02 Å². The third-order valence-corrected chi connectivity index (χ3v) is 3.75. The summed E-state index contributed by atoms with van der Waals surface area (Å²) in [7, 11) is 1.59. The van der Waals surface area contributed by atoms with Gasteiger partial charge in [0.2, 0.25) is 11.5 Å². The number of ether oxygens (including phenoxy) is 1. The molecule has 26 heavy (non-hydrogen) atoms. The molecule has 0 spiro atoms. The van der Waals surface area contributed by atoms with Gasteiger partial charge in [-0.1, -0.05) is 24.6 Å². The molecule has 1 atom stereocenters. The first-order chi connectivity index (χ1) is 12.5. The monoisotopic (exact) mass is 376 g/mol. The average molecular weight is 377 g/mol. The van der Waals surface area contributed by atoms with E-state index in [1.54, 1.807) is 43.5 Å². The highest BCUT2D eigenvalue weighted by atomic mass is 35.5. The highest BCUT2D eigenvalue weighted by Gasteiger charge is 2.12. The lowest BCUT2D eigenvalue weighted by Gasteiger charge is -2.15. The Morgan fingerprint density at radius 2 is 2.00 bits per heavy atom. The Balaban J connectivity index is 2.24. The van der Waals surface area contributed by atoms with Crippen LogP contribution in [-0.2, 0) is 4.74 Å². The number of hydrogen-bond acceptors (Lipinski definition) is 4. The van der Waals surface area contributed by atoms with E-state index in [2.05, 4.69) is 20.6 Å². The number of anilines is 1. The van der Waals surface area contributed by atoms with E-state index in [1.165, 1.54) is 6.07 Å². The fourth-order valence-corrected chi connectivity index (χ4v) is 2.27. The van der Waals surface area contributed by atoms with Crippen LogP contribution in [0.3, 0.4) is 0 Å². The zero-order valence-electron chi connectivity index (χ0n) is 14.6. The van der Waals surface area contributed by atoms with Gasteiger partial charge in [-0.25, -0.2) is 4.99 Å². The first-order valence-corrected chi connectivity index (χ1v) is 8.49. The van der Waals surface area contributed by atoms with Gasteiger partial charge < -0.3 is 15.0 Å². The molecule has 0 saturated heterocycles. The predicted octanol–water partition coefficient (Wildman–Crippen LogP) is 2.65. The molecule has 0 radical (unpaired) electrons. The van der Waals surface area contributed by atoms with Crippen molar-refractivity contribution in [3.05, 3.63) is 63.4 Å². The maximum absolute atomic E-state index is 12.5. The molecule has 8 heteroatoms. The SMILES string of the molecule is CCC(COC)N=C(NC(=O)c1ccc(Cl)cc1)Nc1cccc(=O)[nH]1. The standard InChI is InChI=1S/C18H21ClN4O3/c1-3-14(11-26-2)20-18(22-15-5-4-6-16(24)21-15)23-17(25)12-7-9-13(19)10-8-12/h4-10,14H,3,11H2,1-2H3,(H3,20,21,22,23,24,25). The molecule has 1 heterocycles. The van der Waals surface area contributed by atoms with Crippen LogP contribution in [0, 0.1) is 0 Å². The van der Waals surface area contributed by atoms with Crippen molar-refractivity contribution in [2.45, 2.75) is 19.4 Å². The zero-order valence-corrected chi connectivity index (χ0v) is 15.3. The van der Waals surface area contributed by atoms with Crippen LogP contribution >= 0.6 is 11.6 Å². The van der Waals surface area contributed by atoms with Crippen LogP contribution < -0.4 is 16.2 Å². The summed E-state index contributed by atoms with van der Waals surface area (Å²) in [5.74, 6) is 0.286. The van der Waals surface area contributed by atoms with Gasteiger partial charge >= 0.3 is 0 Å². The fourth-order valence-electron chi connectivity index (χ4n) is 2.15. The number of pyridine rings is 1. The minimum atomic E-state index is -0.349. The summed E-state index contributed by atoms with van der Waals surface area (Å²) in [6.07, 6.45) is 0.723. The number of aromatic nitrogens is 1. The lowest BCUT2D eigenvalue weighted by Crippen LogP contribution is -2.38. The van der Waals surface area contributed by atoms with Crippen molar-refractivity contribution < 1.29 is 9.53 Å². The Morgan fingerprint density at radius 1 is 1.27 bits per heavy atom. The molecule has 1 aromatic heterocycles. The number of nitrogens with zero attached hydrogens (tertiary/aromatic N) is 1. The van der Waals surface area contributed by atoms with Gasteiger partial charge in [-0.2, -0.15) is 0 Å². The molecule has 0 aliphatic carbocycles. The molecule has 1 amide bonds. The summed E-state index contributed by atoms with van der Waals surface area (Å²) in [6, 6.07) is 11.0. The Morgan fingerprint density at radius 3 is 2.62 bits per heavy atom. The van der Waals surface area contributed by atoms with Crippen molar-refractivity contribution in [1.82, 2.24) is 10.3 Å². The Bertz CT molecular complexity index is 818. The average Bonchev–Trinajstić information content (AvgIpc) is 2.61. The van der Waals surface area contributed by atoms with Gasteiger partial charge in [-0.05, 0) is 36.8 Å². The normalized spacial score (nSPS) is 12.5. The largest absolute Gasteiger partial charge is 0.382 e. The molecular weight excluding hydrogens is 356 g/mol. The number of amides is 1. The van der Waals surface area contributed by atoms with Gasteiger partial charge in [-0.3, -0.25) is 14.9 Å². The van der Waals surface area contributed by atoms with E-state index in [0.29, 0.717) is 23.0 Å². The number of H-pyrrole nitrogens is 1. The first-order valence-electron chi connectivity index (χ1n) is 8.11. The number of hydrogen-bond donors (Lipinski definition) is 3. The fraction of sp³-hybridized carbons (Fsp3) is 0.278. The van der Waals surface area contributed by atoms with Crippen LogP contribution in [-0.4, -0.2) is 36.6 Å². The van der Waals surface area contributed by atoms with Gasteiger partial charge in [-0.15, -0.1) is 0 Å². The van der Waals surface area contributed by atoms with Crippen molar-refractivity contribution in [2.75, 3.05) is 19.0 Å². The van der Waals surface area contributed by atoms with E-state index in [-0.39, 0.29) is 23.5 Å². The summed E-state index contributed by atoms with van der Waals surface area (Å²) in [5, 5.41) is 6.20. The number of aliphatic imine (C=N–C) groups is 1. The molecule has 2 rings (SSSR count). The highest BCUT2D eigenvalue weighted by molar-refractivity contribution is 6.30. The molecule has 2 aromatic rings. The Kier molecular flexibility index (Phi) is 7.37. The van der Waals surface area contributed by atoms with Crippen molar-refractivity contribution in [3.8, 4) is 0 Å². The van der Waals surface area contributed by atoms with Gasteiger partial charge in [0.05, 0.1) is 12.6 Å². The number of methoxy groups -OCH3 is 1. The second-order valence-electron chi connectivity index (χ2n) is 5.51. The van der Waals surface area contributed by atoms with Crippen molar-refractivity contribution in [1.29, 1.82) is 0 Å². The smallest absolute Gasteiger partial charge is 0.257 e. The van der Waals surface area contributed by atoms with E-state index in [1.807, 2.05) is 6.92 Å². The van der Waals surface area contributed by atoms with Gasteiger partial charge in [0.15, 0.2) is 0 Å². The van der Waals surface area contributed by atoms with Crippen LogP contribution in [0.25, 0.3) is 0 Å². The van der Waals surface area contributed by atoms with Gasteiger partial charge in [0, 0.05) is 23.8 Å². The van der Waals surface area contributed by atoms with E-state index in [9.17, 15) is 9.59 Å². The molecule has 138 valence electrons. The van der Waals surface area contributed by atoms with Gasteiger partial charge in [0.25, 0.3) is 5.91 Å². The Labute approximate surface area is 156 Å². The van der Waals surface area contributed by atoms with E-state index in [4.69, 9.17) is 16.3 Å². The van der Waals surface area contributed by atoms with Crippen LogP contribution in [0.4, 0.5) is 5.82 Å². The number of rotatable bonds is 6. The highest BCUT2D eigenvalue weighted by Crippen LogP contribution is 2.09. The molecule has 0 bridgehead atoms. The quantitative estimate of drug-likeness (QED) is 0.533. The molecule has 0 aliphatic heterocycles. The predicted molar refractivity (Wildman–Crippen MR) is 103 cm³/mol. The third kappa shape index (κ3) is 6.02. The summed E-state index contributed by atoms with van der Waals surface area (Å²) in [6.45, 7) is 2.38.